The molecule has 2 saturated carbocycles. The Labute approximate surface area is 127 Å². The number of rotatable bonds is 3. The summed E-state index contributed by atoms with van der Waals surface area (Å²) in [7, 11) is 0. The number of amides is 1. The maximum Gasteiger partial charge on any atom is 0.309 e. The minimum Gasteiger partial charge on any atom is -0.481 e. The summed E-state index contributed by atoms with van der Waals surface area (Å²) < 4.78 is 0. The van der Waals surface area contributed by atoms with E-state index in [-0.39, 0.29) is 17.9 Å². The molecule has 0 saturated heterocycles. The molecule has 0 aromatic rings. The predicted molar refractivity (Wildman–Crippen MR) is 81.9 cm³/mol. The van der Waals surface area contributed by atoms with E-state index in [2.05, 4.69) is 5.32 Å². The molecule has 0 bridgehead atoms. The largest absolute Gasteiger partial charge is 0.481 e. The molecule has 120 valence electrons. The molecule has 2 fully saturated rings. The van der Waals surface area contributed by atoms with Crippen molar-refractivity contribution in [1.82, 2.24) is 5.32 Å². The standard InChI is InChI=1S/C17H29NO3/c1-16(2)13(10-11-17(16,3)15(20)21)14(19)18-12-8-6-4-5-7-9-12/h12-13H,4-11H2,1-3H3,(H,18,19)(H,20,21)/t13-,17-/m0/s1. The van der Waals surface area contributed by atoms with Crippen molar-refractivity contribution < 1.29 is 14.7 Å². The molecular formula is C17H29NO3. The van der Waals surface area contributed by atoms with Crippen LogP contribution in [0.15, 0.2) is 0 Å². The van der Waals surface area contributed by atoms with Gasteiger partial charge in [0.15, 0.2) is 0 Å². The Morgan fingerprint density at radius 2 is 1.57 bits per heavy atom. The fourth-order valence-corrected chi connectivity index (χ4v) is 4.07. The van der Waals surface area contributed by atoms with Gasteiger partial charge >= 0.3 is 5.97 Å². The average Bonchev–Trinajstić information content (AvgIpc) is 2.59. The number of carboxylic acids is 1. The summed E-state index contributed by atoms with van der Waals surface area (Å²) in [4.78, 5) is 24.3. The van der Waals surface area contributed by atoms with Gasteiger partial charge in [0.25, 0.3) is 0 Å². The van der Waals surface area contributed by atoms with E-state index in [0.29, 0.717) is 12.8 Å². The molecule has 2 aliphatic carbocycles. The van der Waals surface area contributed by atoms with Gasteiger partial charge in [-0.25, -0.2) is 0 Å². The maximum absolute atomic E-state index is 12.6. The normalized spacial score (nSPS) is 33.4. The van der Waals surface area contributed by atoms with Crippen LogP contribution in [-0.4, -0.2) is 23.0 Å². The first-order chi connectivity index (χ1) is 9.79. The maximum atomic E-state index is 12.6. The molecule has 0 radical (unpaired) electrons. The van der Waals surface area contributed by atoms with Crippen molar-refractivity contribution in [3.05, 3.63) is 0 Å². The highest BCUT2D eigenvalue weighted by atomic mass is 16.4. The molecule has 0 unspecified atom stereocenters. The topological polar surface area (TPSA) is 66.4 Å². The first kappa shape index (κ1) is 16.3. The van der Waals surface area contributed by atoms with Crippen LogP contribution in [0.25, 0.3) is 0 Å². The lowest BCUT2D eigenvalue weighted by Crippen LogP contribution is -2.47. The molecule has 2 rings (SSSR count). The zero-order chi connectivity index (χ0) is 15.7. The Morgan fingerprint density at radius 3 is 2.05 bits per heavy atom. The zero-order valence-corrected chi connectivity index (χ0v) is 13.6. The van der Waals surface area contributed by atoms with E-state index in [4.69, 9.17) is 0 Å². The Hall–Kier alpha value is -1.06. The van der Waals surface area contributed by atoms with Crippen LogP contribution < -0.4 is 5.32 Å². The van der Waals surface area contributed by atoms with Gasteiger partial charge in [0.2, 0.25) is 5.91 Å². The van der Waals surface area contributed by atoms with Crippen molar-refractivity contribution in [3.8, 4) is 0 Å². The van der Waals surface area contributed by atoms with Crippen LogP contribution in [0.5, 0.6) is 0 Å². The highest BCUT2D eigenvalue weighted by molar-refractivity contribution is 5.84. The van der Waals surface area contributed by atoms with Crippen molar-refractivity contribution in [2.24, 2.45) is 16.7 Å². The van der Waals surface area contributed by atoms with Crippen LogP contribution in [0.1, 0.15) is 72.1 Å². The van der Waals surface area contributed by atoms with E-state index >= 15 is 0 Å². The van der Waals surface area contributed by atoms with Gasteiger partial charge in [-0.15, -0.1) is 0 Å². The summed E-state index contributed by atoms with van der Waals surface area (Å²) in [6, 6.07) is 0.285. The number of carbonyl (C=O) groups is 2. The first-order valence-electron chi connectivity index (χ1n) is 8.33. The number of nitrogens with one attached hydrogen (secondary N) is 1. The highest BCUT2D eigenvalue weighted by Gasteiger charge is 2.58. The summed E-state index contributed by atoms with van der Waals surface area (Å²) >= 11 is 0. The second-order valence-corrected chi connectivity index (χ2v) is 7.65. The number of carboxylic acid groups (broad SMARTS) is 1. The van der Waals surface area contributed by atoms with E-state index < -0.39 is 16.8 Å². The van der Waals surface area contributed by atoms with Crippen LogP contribution in [-0.2, 0) is 9.59 Å². The van der Waals surface area contributed by atoms with Gasteiger partial charge in [0.05, 0.1) is 5.41 Å². The predicted octanol–water partition coefficient (Wildman–Crippen LogP) is 3.35. The van der Waals surface area contributed by atoms with Crippen molar-refractivity contribution in [1.29, 1.82) is 0 Å². The van der Waals surface area contributed by atoms with E-state index in [0.717, 1.165) is 12.8 Å². The van der Waals surface area contributed by atoms with Gasteiger partial charge in [-0.2, -0.15) is 0 Å². The molecule has 4 nitrogen and oxygen atoms in total. The molecule has 0 aromatic heterocycles. The smallest absolute Gasteiger partial charge is 0.309 e. The molecule has 0 spiro atoms. The Bertz CT molecular complexity index is 410. The van der Waals surface area contributed by atoms with Crippen molar-refractivity contribution in [2.45, 2.75) is 78.2 Å². The molecule has 0 aliphatic heterocycles. The summed E-state index contributed by atoms with van der Waals surface area (Å²) in [5, 5.41) is 12.7. The molecule has 21 heavy (non-hydrogen) atoms. The number of carbonyl (C=O) groups excluding carboxylic acids is 1. The molecule has 0 aromatic carbocycles. The fraction of sp³-hybridized carbons (Fsp3) is 0.882. The third-order valence-electron chi connectivity index (χ3n) is 6.22. The SMILES string of the molecule is CC1(C)[C@H](C(=O)NC2CCCCCC2)CC[C@@]1(C)C(=O)O. The van der Waals surface area contributed by atoms with Crippen molar-refractivity contribution in [3.63, 3.8) is 0 Å². The van der Waals surface area contributed by atoms with E-state index in [1.165, 1.54) is 25.7 Å². The lowest BCUT2D eigenvalue weighted by Gasteiger charge is -2.38. The van der Waals surface area contributed by atoms with Crippen LogP contribution in [0.3, 0.4) is 0 Å². The second kappa shape index (κ2) is 5.98. The van der Waals surface area contributed by atoms with Crippen molar-refractivity contribution >= 4 is 11.9 Å². The van der Waals surface area contributed by atoms with Crippen LogP contribution in [0.4, 0.5) is 0 Å². The number of hydrogen-bond donors (Lipinski definition) is 2. The third-order valence-corrected chi connectivity index (χ3v) is 6.22. The van der Waals surface area contributed by atoms with Crippen LogP contribution >= 0.6 is 0 Å². The molecule has 1 amide bonds. The van der Waals surface area contributed by atoms with Gasteiger partial charge in [-0.05, 0) is 38.0 Å². The van der Waals surface area contributed by atoms with E-state index in [1.54, 1.807) is 6.92 Å². The Balaban J connectivity index is 2.04. The molecule has 2 atom stereocenters. The molecule has 2 N–H and O–H groups in total. The summed E-state index contributed by atoms with van der Waals surface area (Å²) in [6.45, 7) is 5.66. The minimum atomic E-state index is -0.807. The number of aliphatic carboxylic acids is 1. The fourth-order valence-electron chi connectivity index (χ4n) is 4.07. The van der Waals surface area contributed by atoms with E-state index in [9.17, 15) is 14.7 Å². The summed E-state index contributed by atoms with van der Waals surface area (Å²) in [5.41, 5.74) is -1.31. The van der Waals surface area contributed by atoms with Gasteiger partial charge in [-0.3, -0.25) is 9.59 Å². The Kier molecular flexibility index (Phi) is 4.64. The minimum absolute atomic E-state index is 0.0666. The van der Waals surface area contributed by atoms with Crippen molar-refractivity contribution in [2.75, 3.05) is 0 Å². The highest BCUT2D eigenvalue weighted by Crippen LogP contribution is 2.56. The van der Waals surface area contributed by atoms with E-state index in [1.807, 2.05) is 13.8 Å². The number of hydrogen-bond acceptors (Lipinski definition) is 2. The van der Waals surface area contributed by atoms with Gasteiger partial charge < -0.3 is 10.4 Å². The van der Waals surface area contributed by atoms with Gasteiger partial charge in [-0.1, -0.05) is 39.5 Å². The zero-order valence-electron chi connectivity index (χ0n) is 13.6. The first-order valence-corrected chi connectivity index (χ1v) is 8.33. The monoisotopic (exact) mass is 295 g/mol. The quantitative estimate of drug-likeness (QED) is 0.785. The Morgan fingerprint density at radius 1 is 1.00 bits per heavy atom. The lowest BCUT2D eigenvalue weighted by molar-refractivity contribution is -0.155. The molecule has 4 heteroatoms. The molecular weight excluding hydrogens is 266 g/mol. The second-order valence-electron chi connectivity index (χ2n) is 7.65. The molecule has 2 aliphatic rings. The summed E-state index contributed by atoms with van der Waals surface area (Å²) in [6.07, 6.45) is 8.28. The van der Waals surface area contributed by atoms with Gasteiger partial charge in [0.1, 0.15) is 0 Å². The molecule has 0 heterocycles. The van der Waals surface area contributed by atoms with Gasteiger partial charge in [0, 0.05) is 12.0 Å². The average molecular weight is 295 g/mol. The van der Waals surface area contributed by atoms with Crippen LogP contribution in [0, 0.1) is 16.7 Å². The summed E-state index contributed by atoms with van der Waals surface area (Å²) in [5.74, 6) is -0.906. The third kappa shape index (κ3) is 2.95. The lowest BCUT2D eigenvalue weighted by atomic mass is 9.65. The van der Waals surface area contributed by atoms with Crippen LogP contribution in [0.2, 0.25) is 0 Å².